The van der Waals surface area contributed by atoms with Gasteiger partial charge in [0.15, 0.2) is 11.7 Å². The van der Waals surface area contributed by atoms with Crippen LogP contribution in [0.4, 0.5) is 0 Å². The molecule has 3 unspecified atom stereocenters. The van der Waals surface area contributed by atoms with Gasteiger partial charge in [-0.3, -0.25) is 0 Å². The van der Waals surface area contributed by atoms with Crippen molar-refractivity contribution in [2.45, 2.75) is 64.5 Å². The fraction of sp³-hybridized carbons (Fsp3) is 0.619. The minimum Gasteiger partial charge on any atom is -0.469 e. The Morgan fingerprint density at radius 1 is 1.29 bits per heavy atom. The van der Waals surface area contributed by atoms with Crippen LogP contribution in [0, 0.1) is 11.8 Å². The molecule has 0 aliphatic heterocycles. The molecule has 2 aliphatic carbocycles. The molecule has 2 aromatic rings. The van der Waals surface area contributed by atoms with Crippen LogP contribution in [0.2, 0.25) is 0 Å². The lowest BCUT2D eigenvalue weighted by Gasteiger charge is -2.25. The molecule has 28 heavy (non-hydrogen) atoms. The van der Waals surface area contributed by atoms with Crippen LogP contribution in [0.15, 0.2) is 38.4 Å². The summed E-state index contributed by atoms with van der Waals surface area (Å²) in [5.41, 5.74) is 0.980. The minimum absolute atomic E-state index is 0. The number of furan rings is 1. The second-order valence-corrected chi connectivity index (χ2v) is 8.22. The number of fused-ring (bicyclic) bond motifs is 2. The third kappa shape index (κ3) is 5.30. The molecule has 2 fully saturated rings. The molecular weight excluding hydrogens is 467 g/mol. The Morgan fingerprint density at radius 2 is 2.18 bits per heavy atom. The van der Waals surface area contributed by atoms with Gasteiger partial charge in [-0.25, -0.2) is 4.99 Å². The van der Waals surface area contributed by atoms with Crippen molar-refractivity contribution in [3.63, 3.8) is 0 Å². The number of aliphatic imine (C=N–C) groups is 1. The molecular formula is C21H31IN4O2. The summed E-state index contributed by atoms with van der Waals surface area (Å²) in [6, 6.07) is 6.48. The molecule has 0 amide bonds. The van der Waals surface area contributed by atoms with E-state index in [4.69, 9.17) is 13.9 Å². The molecule has 0 spiro atoms. The third-order valence-corrected chi connectivity index (χ3v) is 5.87. The van der Waals surface area contributed by atoms with Crippen molar-refractivity contribution >= 4 is 29.9 Å². The van der Waals surface area contributed by atoms with E-state index in [-0.39, 0.29) is 24.0 Å². The number of halogens is 1. The zero-order chi connectivity index (χ0) is 18.6. The molecule has 2 aromatic heterocycles. The molecule has 6 nitrogen and oxygen atoms in total. The number of hydrogen-bond donors (Lipinski definition) is 2. The van der Waals surface area contributed by atoms with Crippen molar-refractivity contribution in [3.05, 3.63) is 41.7 Å². The number of nitrogens with zero attached hydrogens (tertiary/aromatic N) is 2. The van der Waals surface area contributed by atoms with Gasteiger partial charge in [0.2, 0.25) is 0 Å². The lowest BCUT2D eigenvalue weighted by molar-refractivity contribution is 0.374. The predicted molar refractivity (Wildman–Crippen MR) is 120 cm³/mol. The zero-order valence-electron chi connectivity index (χ0n) is 16.7. The predicted octanol–water partition coefficient (Wildman–Crippen LogP) is 4.48. The molecule has 0 saturated heterocycles. The molecule has 2 heterocycles. The van der Waals surface area contributed by atoms with Gasteiger partial charge >= 0.3 is 0 Å². The first-order valence-electron chi connectivity index (χ1n) is 10.2. The molecule has 3 atom stereocenters. The molecule has 0 aromatic carbocycles. The van der Waals surface area contributed by atoms with E-state index in [9.17, 15) is 0 Å². The van der Waals surface area contributed by atoms with E-state index in [1.165, 1.54) is 25.7 Å². The van der Waals surface area contributed by atoms with Gasteiger partial charge < -0.3 is 19.6 Å². The van der Waals surface area contributed by atoms with Gasteiger partial charge in [-0.1, -0.05) is 25.4 Å². The number of hydrogen-bond acceptors (Lipinski definition) is 4. The third-order valence-electron chi connectivity index (χ3n) is 5.87. The van der Waals surface area contributed by atoms with Gasteiger partial charge in [-0.2, -0.15) is 0 Å². The molecule has 0 radical (unpaired) electrons. The second kappa shape index (κ2) is 9.80. The van der Waals surface area contributed by atoms with Crippen LogP contribution in [0.5, 0.6) is 0 Å². The average Bonchev–Trinajstić information content (AvgIpc) is 3.43. The van der Waals surface area contributed by atoms with Crippen molar-refractivity contribution in [1.29, 1.82) is 0 Å². The summed E-state index contributed by atoms with van der Waals surface area (Å²) < 4.78 is 10.9. The van der Waals surface area contributed by atoms with Crippen LogP contribution < -0.4 is 10.6 Å². The van der Waals surface area contributed by atoms with Crippen LogP contribution >= 0.6 is 24.0 Å². The Balaban J connectivity index is 0.00000225. The Bertz CT molecular complexity index is 756. The number of nitrogens with one attached hydrogen (secondary N) is 2. The maximum atomic E-state index is 5.43. The highest BCUT2D eigenvalue weighted by Crippen LogP contribution is 2.44. The Hall–Kier alpha value is -1.51. The molecule has 7 heteroatoms. The van der Waals surface area contributed by atoms with Gasteiger partial charge in [-0.05, 0) is 49.1 Å². The van der Waals surface area contributed by atoms with Gasteiger partial charge in [0.25, 0.3) is 0 Å². The molecule has 2 saturated carbocycles. The van der Waals surface area contributed by atoms with Gasteiger partial charge in [0.05, 0.1) is 12.0 Å². The van der Waals surface area contributed by atoms with Crippen molar-refractivity contribution < 1.29 is 8.94 Å². The Labute approximate surface area is 183 Å². The molecule has 4 rings (SSSR count). The van der Waals surface area contributed by atoms with Gasteiger partial charge in [0.1, 0.15) is 12.3 Å². The first kappa shape index (κ1) is 21.2. The van der Waals surface area contributed by atoms with E-state index in [2.05, 4.69) is 29.6 Å². The monoisotopic (exact) mass is 498 g/mol. The van der Waals surface area contributed by atoms with Gasteiger partial charge in [-0.15, -0.1) is 24.0 Å². The molecule has 2 aliphatic rings. The minimum atomic E-state index is 0. The van der Waals surface area contributed by atoms with E-state index in [0.717, 1.165) is 48.0 Å². The number of rotatable bonds is 7. The topological polar surface area (TPSA) is 75.6 Å². The van der Waals surface area contributed by atoms with Crippen LogP contribution in [-0.4, -0.2) is 23.7 Å². The van der Waals surface area contributed by atoms with Crippen LogP contribution in [-0.2, 0) is 13.0 Å². The van der Waals surface area contributed by atoms with Crippen LogP contribution in [0.1, 0.15) is 62.7 Å². The van der Waals surface area contributed by atoms with Crippen molar-refractivity contribution in [1.82, 2.24) is 15.8 Å². The highest BCUT2D eigenvalue weighted by atomic mass is 127. The smallest absolute Gasteiger partial charge is 0.191 e. The maximum absolute atomic E-state index is 5.43. The summed E-state index contributed by atoms with van der Waals surface area (Å²) in [4.78, 5) is 4.76. The summed E-state index contributed by atoms with van der Waals surface area (Å²) in [7, 11) is 0. The highest BCUT2D eigenvalue weighted by molar-refractivity contribution is 14.0. The fourth-order valence-electron chi connectivity index (χ4n) is 4.34. The van der Waals surface area contributed by atoms with Crippen molar-refractivity contribution in [2.24, 2.45) is 16.8 Å². The van der Waals surface area contributed by atoms with Gasteiger partial charge in [0, 0.05) is 25.1 Å². The van der Waals surface area contributed by atoms with Crippen molar-refractivity contribution in [2.75, 3.05) is 6.54 Å². The first-order valence-corrected chi connectivity index (χ1v) is 10.2. The SMILES string of the molecule is CC(C)c1cc(CN=C(NCCc2ccco2)NC2CC3CCC2C3)on1.I. The summed E-state index contributed by atoms with van der Waals surface area (Å²) in [6.07, 6.45) is 7.94. The standard InChI is InChI=1S/C21H30N4O2.HI/c1-14(2)19-12-18(27-25-19)13-23-21(22-8-7-17-4-3-9-26-17)24-20-11-15-5-6-16(20)10-15;/h3-4,9,12,14-16,20H,5-8,10-11,13H2,1-2H3,(H2,22,23,24);1H. The average molecular weight is 498 g/mol. The molecule has 154 valence electrons. The van der Waals surface area contributed by atoms with Crippen molar-refractivity contribution in [3.8, 4) is 0 Å². The second-order valence-electron chi connectivity index (χ2n) is 8.22. The first-order chi connectivity index (χ1) is 13.2. The van der Waals surface area contributed by atoms with E-state index in [1.54, 1.807) is 6.26 Å². The summed E-state index contributed by atoms with van der Waals surface area (Å²) in [5.74, 6) is 4.72. The quantitative estimate of drug-likeness (QED) is 0.335. The fourth-order valence-corrected chi connectivity index (χ4v) is 4.34. The lowest BCUT2D eigenvalue weighted by atomic mass is 9.95. The van der Waals surface area contributed by atoms with E-state index in [0.29, 0.717) is 18.5 Å². The summed E-state index contributed by atoms with van der Waals surface area (Å²) in [6.45, 7) is 5.51. The highest BCUT2D eigenvalue weighted by Gasteiger charge is 2.39. The van der Waals surface area contributed by atoms with Crippen LogP contribution in [0.25, 0.3) is 0 Å². The lowest BCUT2D eigenvalue weighted by Crippen LogP contribution is -2.46. The normalized spacial score (nSPS) is 23.8. The van der Waals surface area contributed by atoms with E-state index >= 15 is 0 Å². The molecule has 2 bridgehead atoms. The molecule has 2 N–H and O–H groups in total. The van der Waals surface area contributed by atoms with E-state index in [1.807, 2.05) is 18.2 Å². The Kier molecular flexibility index (Phi) is 7.42. The maximum Gasteiger partial charge on any atom is 0.191 e. The number of guanidine groups is 1. The largest absolute Gasteiger partial charge is 0.469 e. The number of aromatic nitrogens is 1. The van der Waals surface area contributed by atoms with Crippen LogP contribution in [0.3, 0.4) is 0 Å². The summed E-state index contributed by atoms with van der Waals surface area (Å²) in [5, 5.41) is 11.3. The summed E-state index contributed by atoms with van der Waals surface area (Å²) >= 11 is 0. The van der Waals surface area contributed by atoms with E-state index < -0.39 is 0 Å². The zero-order valence-corrected chi connectivity index (χ0v) is 19.0. The Morgan fingerprint density at radius 3 is 2.82 bits per heavy atom.